The van der Waals surface area contributed by atoms with Gasteiger partial charge in [0.25, 0.3) is 5.56 Å². The minimum atomic E-state index is -0.325. The van der Waals surface area contributed by atoms with E-state index in [0.717, 1.165) is 19.3 Å². The first kappa shape index (κ1) is 18.7. The number of amides is 1. The van der Waals surface area contributed by atoms with E-state index in [4.69, 9.17) is 4.98 Å². The number of nitrogens with zero attached hydrogens (tertiary/aromatic N) is 2. The van der Waals surface area contributed by atoms with Gasteiger partial charge < -0.3 is 5.32 Å². The lowest BCUT2D eigenvalue weighted by molar-refractivity contribution is -0.120. The lowest BCUT2D eigenvalue weighted by atomic mass is 10.1. The molecule has 1 aliphatic carbocycles. The molecule has 2 aromatic carbocycles. The van der Waals surface area contributed by atoms with Crippen LogP contribution in [-0.4, -0.2) is 27.3 Å². The van der Waals surface area contributed by atoms with E-state index in [-0.39, 0.29) is 22.8 Å². The Bertz CT molecular complexity index is 1040. The Hall–Kier alpha value is -2.60. The highest BCUT2D eigenvalue weighted by atomic mass is 32.2. The number of carbonyl (C=O) groups is 1. The third-order valence-electron chi connectivity index (χ3n) is 4.89. The largest absolute Gasteiger partial charge is 0.355 e. The molecule has 1 amide bonds. The van der Waals surface area contributed by atoms with Crippen LogP contribution in [0, 0.1) is 0 Å². The zero-order valence-electron chi connectivity index (χ0n) is 15.8. The van der Waals surface area contributed by atoms with Crippen molar-refractivity contribution in [1.29, 1.82) is 0 Å². The van der Waals surface area contributed by atoms with Gasteiger partial charge in [-0.15, -0.1) is 0 Å². The fourth-order valence-corrected chi connectivity index (χ4v) is 4.20. The third kappa shape index (κ3) is 4.12. The normalized spacial score (nSPS) is 14.8. The van der Waals surface area contributed by atoms with Crippen molar-refractivity contribution in [2.24, 2.45) is 0 Å². The lowest BCUT2D eigenvalue weighted by Gasteiger charge is -2.16. The lowest BCUT2D eigenvalue weighted by Crippen LogP contribution is -2.33. The second kappa shape index (κ2) is 8.19. The number of rotatable bonds is 7. The van der Waals surface area contributed by atoms with E-state index < -0.39 is 0 Å². The Morgan fingerprint density at radius 3 is 2.64 bits per heavy atom. The molecule has 0 bridgehead atoms. The Balaban J connectivity index is 1.47. The second-order valence-electron chi connectivity index (χ2n) is 7.10. The first-order valence-electron chi connectivity index (χ1n) is 9.63. The van der Waals surface area contributed by atoms with Crippen molar-refractivity contribution in [2.75, 3.05) is 6.54 Å². The number of nitrogens with one attached hydrogen (secondary N) is 1. The summed E-state index contributed by atoms with van der Waals surface area (Å²) >= 11 is 1.36. The first-order chi connectivity index (χ1) is 13.6. The average Bonchev–Trinajstić information content (AvgIpc) is 3.54. The molecule has 1 atom stereocenters. The van der Waals surface area contributed by atoms with Gasteiger partial charge in [-0.25, -0.2) is 4.98 Å². The Kier molecular flexibility index (Phi) is 5.48. The smallest absolute Gasteiger partial charge is 0.262 e. The van der Waals surface area contributed by atoms with E-state index in [9.17, 15) is 9.59 Å². The van der Waals surface area contributed by atoms with E-state index >= 15 is 0 Å². The number of para-hydroxylation sites is 1. The van der Waals surface area contributed by atoms with Crippen molar-refractivity contribution in [1.82, 2.24) is 14.9 Å². The summed E-state index contributed by atoms with van der Waals surface area (Å²) in [5.41, 5.74) is 1.87. The summed E-state index contributed by atoms with van der Waals surface area (Å²) in [6.45, 7) is 2.45. The molecule has 3 aromatic rings. The van der Waals surface area contributed by atoms with Crippen LogP contribution in [0.15, 0.2) is 64.5 Å². The van der Waals surface area contributed by atoms with Gasteiger partial charge in [-0.05, 0) is 43.9 Å². The summed E-state index contributed by atoms with van der Waals surface area (Å²) in [4.78, 5) is 30.1. The van der Waals surface area contributed by atoms with Crippen LogP contribution in [0.2, 0.25) is 0 Å². The zero-order chi connectivity index (χ0) is 19.5. The van der Waals surface area contributed by atoms with Crippen LogP contribution >= 0.6 is 11.8 Å². The van der Waals surface area contributed by atoms with Crippen molar-refractivity contribution in [3.63, 3.8) is 0 Å². The van der Waals surface area contributed by atoms with Crippen LogP contribution in [0.3, 0.4) is 0 Å². The first-order valence-corrected chi connectivity index (χ1v) is 10.5. The zero-order valence-corrected chi connectivity index (χ0v) is 16.6. The number of fused-ring (bicyclic) bond motifs is 1. The number of benzene rings is 2. The van der Waals surface area contributed by atoms with Gasteiger partial charge in [0, 0.05) is 12.6 Å². The van der Waals surface area contributed by atoms with E-state index in [1.54, 1.807) is 4.57 Å². The predicted octanol–water partition coefficient (Wildman–Crippen LogP) is 3.57. The van der Waals surface area contributed by atoms with Gasteiger partial charge >= 0.3 is 0 Å². The van der Waals surface area contributed by atoms with Crippen molar-refractivity contribution in [3.05, 3.63) is 70.5 Å². The summed E-state index contributed by atoms with van der Waals surface area (Å²) in [5.74, 6) is -0.0364. The summed E-state index contributed by atoms with van der Waals surface area (Å²) < 4.78 is 1.78. The fourth-order valence-electron chi connectivity index (χ4n) is 3.19. The van der Waals surface area contributed by atoms with E-state index in [2.05, 4.69) is 17.4 Å². The quantitative estimate of drug-likeness (QED) is 0.492. The molecule has 1 aromatic heterocycles. The SMILES string of the molecule is C[C@H](Sc1nc2ccccc2c(=O)n1C1CC1)C(=O)NCCc1ccccc1. The minimum absolute atomic E-state index is 0.00714. The Morgan fingerprint density at radius 1 is 1.18 bits per heavy atom. The van der Waals surface area contributed by atoms with Crippen molar-refractivity contribution < 1.29 is 4.79 Å². The molecule has 5 nitrogen and oxygen atoms in total. The molecule has 1 saturated carbocycles. The molecule has 1 N–H and O–H groups in total. The monoisotopic (exact) mass is 393 g/mol. The Morgan fingerprint density at radius 2 is 1.89 bits per heavy atom. The number of carbonyl (C=O) groups excluding carboxylic acids is 1. The summed E-state index contributed by atoms with van der Waals surface area (Å²) in [6.07, 6.45) is 2.78. The van der Waals surface area contributed by atoms with Crippen LogP contribution in [0.5, 0.6) is 0 Å². The number of hydrogen-bond acceptors (Lipinski definition) is 4. The van der Waals surface area contributed by atoms with Crippen LogP contribution in [-0.2, 0) is 11.2 Å². The van der Waals surface area contributed by atoms with Gasteiger partial charge in [-0.2, -0.15) is 0 Å². The second-order valence-corrected chi connectivity index (χ2v) is 8.41. The molecule has 0 unspecified atom stereocenters. The maximum atomic E-state index is 12.9. The minimum Gasteiger partial charge on any atom is -0.355 e. The third-order valence-corrected chi connectivity index (χ3v) is 5.96. The number of aromatic nitrogens is 2. The molecule has 144 valence electrons. The van der Waals surface area contributed by atoms with E-state index in [1.807, 2.05) is 49.4 Å². The van der Waals surface area contributed by atoms with Gasteiger partial charge in [0.15, 0.2) is 5.16 Å². The molecule has 28 heavy (non-hydrogen) atoms. The molecule has 1 aliphatic rings. The van der Waals surface area contributed by atoms with E-state index in [0.29, 0.717) is 22.6 Å². The molecule has 1 fully saturated rings. The van der Waals surface area contributed by atoms with E-state index in [1.165, 1.54) is 17.3 Å². The van der Waals surface area contributed by atoms with Gasteiger partial charge in [-0.3, -0.25) is 14.2 Å². The maximum absolute atomic E-state index is 12.9. The molecule has 1 heterocycles. The molecular weight excluding hydrogens is 370 g/mol. The van der Waals surface area contributed by atoms with Crippen molar-refractivity contribution >= 4 is 28.6 Å². The summed E-state index contributed by atoms with van der Waals surface area (Å²) in [6, 6.07) is 17.7. The molecule has 0 radical (unpaired) electrons. The van der Waals surface area contributed by atoms with Gasteiger partial charge in [0.2, 0.25) is 5.91 Å². The van der Waals surface area contributed by atoms with Gasteiger partial charge in [0.05, 0.1) is 16.2 Å². The molecule has 0 spiro atoms. The highest BCUT2D eigenvalue weighted by Gasteiger charge is 2.29. The predicted molar refractivity (Wildman–Crippen MR) is 113 cm³/mol. The summed E-state index contributed by atoms with van der Waals surface area (Å²) in [7, 11) is 0. The Labute approximate surface area is 168 Å². The summed E-state index contributed by atoms with van der Waals surface area (Å²) in [5, 5.41) is 3.94. The molecule has 6 heteroatoms. The standard InChI is InChI=1S/C22H23N3O2S/c1-15(20(26)23-14-13-16-7-3-2-4-8-16)28-22-24-19-10-6-5-9-18(19)21(27)25(22)17-11-12-17/h2-10,15,17H,11-14H2,1H3,(H,23,26)/t15-/m0/s1. The molecule has 4 rings (SSSR count). The van der Waals surface area contributed by atoms with Crippen LogP contribution < -0.4 is 10.9 Å². The highest BCUT2D eigenvalue weighted by molar-refractivity contribution is 8.00. The number of hydrogen-bond donors (Lipinski definition) is 1. The van der Waals surface area contributed by atoms with Crippen molar-refractivity contribution in [3.8, 4) is 0 Å². The highest BCUT2D eigenvalue weighted by Crippen LogP contribution is 2.37. The molecule has 0 aliphatic heterocycles. The van der Waals surface area contributed by atoms with Crippen molar-refractivity contribution in [2.45, 2.75) is 42.6 Å². The fraction of sp³-hybridized carbons (Fsp3) is 0.318. The maximum Gasteiger partial charge on any atom is 0.262 e. The van der Waals surface area contributed by atoms with Crippen LogP contribution in [0.4, 0.5) is 0 Å². The van der Waals surface area contributed by atoms with Gasteiger partial charge in [-0.1, -0.05) is 54.2 Å². The number of thioether (sulfide) groups is 1. The topological polar surface area (TPSA) is 64.0 Å². The molecular formula is C22H23N3O2S. The van der Waals surface area contributed by atoms with Crippen LogP contribution in [0.25, 0.3) is 10.9 Å². The van der Waals surface area contributed by atoms with Crippen LogP contribution in [0.1, 0.15) is 31.4 Å². The molecule has 0 saturated heterocycles. The average molecular weight is 394 g/mol. The van der Waals surface area contributed by atoms with Gasteiger partial charge in [0.1, 0.15) is 0 Å².